The maximum Gasteiger partial charge on any atom is 0.325 e. The zero-order chi connectivity index (χ0) is 17.1. The lowest BCUT2D eigenvalue weighted by atomic mass is 10.0. The number of carbonyl (C=O) groups is 2. The van der Waals surface area contributed by atoms with Crippen LogP contribution in [0.4, 0.5) is 0 Å². The molecule has 3 rings (SSSR count). The van der Waals surface area contributed by atoms with Crippen LogP contribution in [0.3, 0.4) is 0 Å². The van der Waals surface area contributed by atoms with Gasteiger partial charge < -0.3 is 10.0 Å². The van der Waals surface area contributed by atoms with Gasteiger partial charge in [-0.2, -0.15) is 0 Å². The van der Waals surface area contributed by atoms with Crippen molar-refractivity contribution < 1.29 is 14.7 Å². The number of aliphatic carboxylic acids is 1. The Morgan fingerprint density at radius 2 is 1.88 bits per heavy atom. The Kier molecular flexibility index (Phi) is 5.46. The fraction of sp³-hybridized carbons (Fsp3) is 0.556. The van der Waals surface area contributed by atoms with Gasteiger partial charge in [-0.05, 0) is 36.8 Å². The van der Waals surface area contributed by atoms with Crippen molar-refractivity contribution in [3.63, 3.8) is 0 Å². The number of nitrogens with zero attached hydrogens (tertiary/aromatic N) is 2. The van der Waals surface area contributed by atoms with Crippen LogP contribution in [0.2, 0.25) is 0 Å². The molecule has 1 N–H and O–H groups in total. The van der Waals surface area contributed by atoms with Crippen LogP contribution < -0.4 is 0 Å². The molecule has 0 bridgehead atoms. The van der Waals surface area contributed by atoms with Crippen LogP contribution in [0.25, 0.3) is 0 Å². The van der Waals surface area contributed by atoms with E-state index in [-0.39, 0.29) is 12.5 Å². The van der Waals surface area contributed by atoms with Gasteiger partial charge in [0.2, 0.25) is 5.91 Å². The van der Waals surface area contributed by atoms with Crippen LogP contribution in [0.5, 0.6) is 0 Å². The summed E-state index contributed by atoms with van der Waals surface area (Å²) < 4.78 is 0. The minimum atomic E-state index is -0.894. The second-order valence-corrected chi connectivity index (χ2v) is 7.39. The van der Waals surface area contributed by atoms with Crippen LogP contribution in [-0.2, 0) is 9.59 Å². The Hall–Kier alpha value is -1.53. The molecule has 6 heteroatoms. The van der Waals surface area contributed by atoms with Crippen molar-refractivity contribution in [1.29, 1.82) is 0 Å². The number of piperazine rings is 1. The first kappa shape index (κ1) is 17.3. The molecule has 1 saturated heterocycles. The maximum atomic E-state index is 12.5. The minimum Gasteiger partial charge on any atom is -0.480 e. The van der Waals surface area contributed by atoms with Gasteiger partial charge in [-0.15, -0.1) is 11.8 Å². The van der Waals surface area contributed by atoms with Crippen LogP contribution in [0.15, 0.2) is 29.2 Å². The van der Waals surface area contributed by atoms with Crippen molar-refractivity contribution in [2.45, 2.75) is 42.7 Å². The summed E-state index contributed by atoms with van der Waals surface area (Å²) in [4.78, 5) is 29.2. The van der Waals surface area contributed by atoms with E-state index in [1.54, 1.807) is 16.7 Å². The number of amides is 1. The molecule has 1 aliphatic carbocycles. The molecule has 1 aromatic carbocycles. The molecule has 1 heterocycles. The van der Waals surface area contributed by atoms with Crippen molar-refractivity contribution >= 4 is 23.6 Å². The lowest BCUT2D eigenvalue weighted by Gasteiger charge is -2.40. The summed E-state index contributed by atoms with van der Waals surface area (Å²) in [6.07, 6.45) is 6.55. The van der Waals surface area contributed by atoms with Gasteiger partial charge in [0, 0.05) is 24.0 Å². The molecule has 130 valence electrons. The number of hydrogen-bond donors (Lipinski definition) is 1. The molecule has 1 amide bonds. The molecule has 1 aromatic rings. The van der Waals surface area contributed by atoms with Gasteiger partial charge in [0.05, 0.1) is 6.54 Å². The van der Waals surface area contributed by atoms with Gasteiger partial charge in [-0.3, -0.25) is 14.5 Å². The number of hydrogen-bond acceptors (Lipinski definition) is 4. The van der Waals surface area contributed by atoms with Crippen molar-refractivity contribution in [3.8, 4) is 0 Å². The summed E-state index contributed by atoms with van der Waals surface area (Å²) in [5.41, 5.74) is 0.738. The number of rotatable bonds is 5. The summed E-state index contributed by atoms with van der Waals surface area (Å²) >= 11 is 1.63. The summed E-state index contributed by atoms with van der Waals surface area (Å²) in [5.74, 6) is -0.825. The van der Waals surface area contributed by atoms with E-state index in [2.05, 4.69) is 0 Å². The standard InChI is InChI=1S/C18H24N2O3S/c1-24-15-8-6-13(7-9-15)17(18(22)23)19-10-11-20(16(21)12-19)14-4-2-3-5-14/h6-9,14,17H,2-5,10-12H2,1H3,(H,22,23)/t17-/m1/s1. The normalized spacial score (nSPS) is 21.2. The lowest BCUT2D eigenvalue weighted by molar-refractivity contribution is -0.148. The van der Waals surface area contributed by atoms with E-state index in [0.717, 1.165) is 23.3 Å². The quantitative estimate of drug-likeness (QED) is 0.829. The second-order valence-electron chi connectivity index (χ2n) is 6.51. The molecule has 0 aromatic heterocycles. The molecule has 0 radical (unpaired) electrons. The highest BCUT2D eigenvalue weighted by molar-refractivity contribution is 7.98. The summed E-state index contributed by atoms with van der Waals surface area (Å²) in [7, 11) is 0. The first-order chi connectivity index (χ1) is 11.6. The molecular formula is C18H24N2O3S. The third-order valence-electron chi connectivity index (χ3n) is 5.08. The van der Waals surface area contributed by atoms with E-state index in [0.29, 0.717) is 19.1 Å². The van der Waals surface area contributed by atoms with Gasteiger partial charge in [-0.1, -0.05) is 25.0 Å². The van der Waals surface area contributed by atoms with Crippen molar-refractivity contribution in [3.05, 3.63) is 29.8 Å². The number of benzene rings is 1. The van der Waals surface area contributed by atoms with Gasteiger partial charge in [0.1, 0.15) is 6.04 Å². The average molecular weight is 348 g/mol. The molecule has 0 spiro atoms. The van der Waals surface area contributed by atoms with Gasteiger partial charge >= 0.3 is 5.97 Å². The molecule has 2 fully saturated rings. The second kappa shape index (κ2) is 7.57. The van der Waals surface area contributed by atoms with E-state index >= 15 is 0 Å². The Labute approximate surface area is 147 Å². The number of thioether (sulfide) groups is 1. The Balaban J connectivity index is 1.73. The third kappa shape index (κ3) is 3.59. The Morgan fingerprint density at radius 3 is 2.42 bits per heavy atom. The third-order valence-corrected chi connectivity index (χ3v) is 5.83. The van der Waals surface area contributed by atoms with Crippen molar-refractivity contribution in [2.75, 3.05) is 25.9 Å². The zero-order valence-corrected chi connectivity index (χ0v) is 14.8. The van der Waals surface area contributed by atoms with Crippen molar-refractivity contribution in [1.82, 2.24) is 9.80 Å². The first-order valence-corrected chi connectivity index (χ1v) is 9.73. The molecular weight excluding hydrogens is 324 g/mol. The zero-order valence-electron chi connectivity index (χ0n) is 14.0. The lowest BCUT2D eigenvalue weighted by Crippen LogP contribution is -2.55. The SMILES string of the molecule is CSc1ccc([C@H](C(=O)O)N2CCN(C3CCCC3)C(=O)C2)cc1. The molecule has 2 aliphatic rings. The Bertz CT molecular complexity index is 599. The smallest absolute Gasteiger partial charge is 0.325 e. The highest BCUT2D eigenvalue weighted by Crippen LogP contribution is 2.28. The van der Waals surface area contributed by atoms with Gasteiger partial charge in [0.25, 0.3) is 0 Å². The van der Waals surface area contributed by atoms with Crippen LogP contribution in [0, 0.1) is 0 Å². The first-order valence-electron chi connectivity index (χ1n) is 8.50. The largest absolute Gasteiger partial charge is 0.480 e. The van der Waals surface area contributed by atoms with E-state index in [1.807, 2.05) is 35.4 Å². The average Bonchev–Trinajstić information content (AvgIpc) is 3.10. The molecule has 24 heavy (non-hydrogen) atoms. The minimum absolute atomic E-state index is 0.0696. The predicted octanol–water partition coefficient (Wildman–Crippen LogP) is 2.62. The summed E-state index contributed by atoms with van der Waals surface area (Å²) in [5, 5.41) is 9.70. The molecule has 1 atom stereocenters. The predicted molar refractivity (Wildman–Crippen MR) is 94.1 cm³/mol. The van der Waals surface area contributed by atoms with E-state index in [4.69, 9.17) is 0 Å². The molecule has 5 nitrogen and oxygen atoms in total. The highest BCUT2D eigenvalue weighted by atomic mass is 32.2. The molecule has 1 aliphatic heterocycles. The van der Waals surface area contributed by atoms with E-state index in [9.17, 15) is 14.7 Å². The van der Waals surface area contributed by atoms with E-state index in [1.165, 1.54) is 12.8 Å². The number of carbonyl (C=O) groups excluding carboxylic acids is 1. The Morgan fingerprint density at radius 1 is 1.21 bits per heavy atom. The van der Waals surface area contributed by atoms with E-state index < -0.39 is 12.0 Å². The summed E-state index contributed by atoms with van der Waals surface area (Å²) in [6.45, 7) is 1.44. The fourth-order valence-corrected chi connectivity index (χ4v) is 4.23. The van der Waals surface area contributed by atoms with Crippen LogP contribution >= 0.6 is 11.8 Å². The fourth-order valence-electron chi connectivity index (χ4n) is 3.82. The molecule has 1 saturated carbocycles. The van der Waals surface area contributed by atoms with Gasteiger partial charge in [-0.25, -0.2) is 0 Å². The van der Waals surface area contributed by atoms with Crippen LogP contribution in [0.1, 0.15) is 37.3 Å². The highest BCUT2D eigenvalue weighted by Gasteiger charge is 2.36. The summed E-state index contributed by atoms with van der Waals surface area (Å²) in [6, 6.07) is 7.20. The monoisotopic (exact) mass is 348 g/mol. The van der Waals surface area contributed by atoms with Crippen molar-refractivity contribution in [2.24, 2.45) is 0 Å². The van der Waals surface area contributed by atoms with Gasteiger partial charge in [0.15, 0.2) is 0 Å². The topological polar surface area (TPSA) is 60.9 Å². The number of carboxylic acid groups (broad SMARTS) is 1. The van der Waals surface area contributed by atoms with Crippen LogP contribution in [-0.4, -0.2) is 58.7 Å². The number of carboxylic acids is 1. The molecule has 0 unspecified atom stereocenters. The maximum absolute atomic E-state index is 12.5.